The lowest BCUT2D eigenvalue weighted by molar-refractivity contribution is -0.139. The summed E-state index contributed by atoms with van der Waals surface area (Å²) >= 11 is 6.16. The number of fused-ring (bicyclic) bond motifs is 1. The van der Waals surface area contributed by atoms with Gasteiger partial charge in [0.1, 0.15) is 6.04 Å². The molecular weight excluding hydrogens is 580 g/mol. The molecule has 1 saturated carbocycles. The van der Waals surface area contributed by atoms with E-state index in [0.717, 1.165) is 50.9 Å². The zero-order chi connectivity index (χ0) is 32.0. The summed E-state index contributed by atoms with van der Waals surface area (Å²) < 4.78 is 0. The number of benzene rings is 2. The number of nitrogens with zero attached hydrogens (tertiary/aromatic N) is 2. The van der Waals surface area contributed by atoms with Gasteiger partial charge in [-0.15, -0.1) is 6.58 Å². The van der Waals surface area contributed by atoms with Gasteiger partial charge in [0, 0.05) is 55.6 Å². The van der Waals surface area contributed by atoms with Crippen LogP contribution in [0.4, 0.5) is 0 Å². The van der Waals surface area contributed by atoms with E-state index in [0.29, 0.717) is 48.7 Å². The number of allylic oxidation sites excluding steroid dienone is 3. The Bertz CT molecular complexity index is 1350. The minimum Gasteiger partial charge on any atom is -0.344 e. The number of carbonyl (C=O) groups excluding carboxylic acids is 2. The summed E-state index contributed by atoms with van der Waals surface area (Å²) in [4.78, 5) is 32.3. The monoisotopic (exact) mass is 630 g/mol. The second kappa shape index (κ2) is 15.1. The van der Waals surface area contributed by atoms with Crippen molar-refractivity contribution in [3.05, 3.63) is 95.1 Å². The average Bonchev–Trinajstić information content (AvgIpc) is 3.39. The molecule has 3 aliphatic rings. The van der Waals surface area contributed by atoms with Gasteiger partial charge in [-0.05, 0) is 85.7 Å². The van der Waals surface area contributed by atoms with Crippen molar-refractivity contribution < 1.29 is 9.59 Å². The van der Waals surface area contributed by atoms with Gasteiger partial charge >= 0.3 is 0 Å². The van der Waals surface area contributed by atoms with Gasteiger partial charge in [0.25, 0.3) is 0 Å². The highest BCUT2D eigenvalue weighted by atomic mass is 35.5. The summed E-state index contributed by atoms with van der Waals surface area (Å²) in [5.41, 5.74) is 3.56. The second-order valence-electron chi connectivity index (χ2n) is 13.7. The Morgan fingerprint density at radius 3 is 2.47 bits per heavy atom. The number of amides is 2. The van der Waals surface area contributed by atoms with Gasteiger partial charge < -0.3 is 15.5 Å². The SMILES string of the molecule is C=CC1CC(CC(C)C)(N2CCN(C(=O)C(Cc3ccc(Cl)cc3)NC(=O)CC3NCCc4ccccc43)CC2)CC1/C=C\C. The molecule has 0 aromatic heterocycles. The molecule has 2 heterocycles. The highest BCUT2D eigenvalue weighted by molar-refractivity contribution is 6.30. The van der Waals surface area contributed by atoms with Crippen LogP contribution in [0.2, 0.25) is 5.02 Å². The van der Waals surface area contributed by atoms with E-state index in [-0.39, 0.29) is 23.4 Å². The predicted octanol–water partition coefficient (Wildman–Crippen LogP) is 6.36. The summed E-state index contributed by atoms with van der Waals surface area (Å²) in [7, 11) is 0. The van der Waals surface area contributed by atoms with E-state index in [2.05, 4.69) is 79.3 Å². The van der Waals surface area contributed by atoms with Crippen LogP contribution in [-0.2, 0) is 22.4 Å². The van der Waals surface area contributed by atoms with Gasteiger partial charge in [-0.25, -0.2) is 0 Å². The lowest BCUT2D eigenvalue weighted by Gasteiger charge is -2.47. The maximum Gasteiger partial charge on any atom is 0.245 e. The molecule has 5 atom stereocenters. The van der Waals surface area contributed by atoms with Crippen LogP contribution in [0.25, 0.3) is 0 Å². The fraction of sp³-hybridized carbons (Fsp3) is 0.526. The highest BCUT2D eigenvalue weighted by Crippen LogP contribution is 2.48. The first-order chi connectivity index (χ1) is 21.7. The van der Waals surface area contributed by atoms with Crippen LogP contribution in [-0.4, -0.2) is 65.9 Å². The number of piperazine rings is 1. The summed E-state index contributed by atoms with van der Waals surface area (Å²) in [6.45, 7) is 14.8. The van der Waals surface area contributed by atoms with Crippen LogP contribution < -0.4 is 10.6 Å². The van der Waals surface area contributed by atoms with Crippen LogP contribution in [0, 0.1) is 17.8 Å². The Morgan fingerprint density at radius 1 is 1.07 bits per heavy atom. The smallest absolute Gasteiger partial charge is 0.245 e. The first-order valence-electron chi connectivity index (χ1n) is 16.9. The largest absolute Gasteiger partial charge is 0.344 e. The number of nitrogens with one attached hydrogen (secondary N) is 2. The van der Waals surface area contributed by atoms with Crippen molar-refractivity contribution in [1.82, 2.24) is 20.4 Å². The molecular formula is C38H51ClN4O2. The van der Waals surface area contributed by atoms with Gasteiger partial charge in [-0.2, -0.15) is 0 Å². The third kappa shape index (κ3) is 8.08. The molecule has 242 valence electrons. The van der Waals surface area contributed by atoms with Crippen molar-refractivity contribution in [3.63, 3.8) is 0 Å². The van der Waals surface area contributed by atoms with Crippen molar-refractivity contribution in [2.75, 3.05) is 32.7 Å². The molecule has 2 aromatic rings. The lowest BCUT2D eigenvalue weighted by atomic mass is 9.83. The van der Waals surface area contributed by atoms with Crippen molar-refractivity contribution in [2.24, 2.45) is 17.8 Å². The fourth-order valence-electron chi connectivity index (χ4n) is 8.18. The van der Waals surface area contributed by atoms with Gasteiger partial charge in [-0.1, -0.05) is 80.1 Å². The maximum absolute atomic E-state index is 14.1. The van der Waals surface area contributed by atoms with Crippen molar-refractivity contribution >= 4 is 23.4 Å². The van der Waals surface area contributed by atoms with E-state index in [1.54, 1.807) is 0 Å². The highest BCUT2D eigenvalue weighted by Gasteiger charge is 2.48. The first-order valence-corrected chi connectivity index (χ1v) is 17.2. The zero-order valence-electron chi connectivity index (χ0n) is 27.3. The molecule has 7 heteroatoms. The molecule has 6 nitrogen and oxygen atoms in total. The molecule has 2 N–H and O–H groups in total. The third-order valence-electron chi connectivity index (χ3n) is 10.2. The normalized spacial score (nSPS) is 26.2. The topological polar surface area (TPSA) is 64.7 Å². The van der Waals surface area contributed by atoms with Gasteiger partial charge in [0.05, 0.1) is 0 Å². The average molecular weight is 631 g/mol. The molecule has 5 rings (SSSR count). The Hall–Kier alpha value is -2.93. The molecule has 0 bridgehead atoms. The Balaban J connectivity index is 1.28. The van der Waals surface area contributed by atoms with E-state index in [1.807, 2.05) is 35.2 Å². The van der Waals surface area contributed by atoms with Crippen molar-refractivity contribution in [3.8, 4) is 0 Å². The molecule has 2 aliphatic heterocycles. The second-order valence-corrected chi connectivity index (χ2v) is 14.2. The van der Waals surface area contributed by atoms with E-state index >= 15 is 0 Å². The van der Waals surface area contributed by atoms with E-state index in [1.165, 1.54) is 11.1 Å². The van der Waals surface area contributed by atoms with Crippen molar-refractivity contribution in [1.29, 1.82) is 0 Å². The zero-order valence-corrected chi connectivity index (χ0v) is 28.1. The molecule has 0 radical (unpaired) electrons. The minimum atomic E-state index is -0.635. The molecule has 5 unspecified atom stereocenters. The quantitative estimate of drug-likeness (QED) is 0.284. The minimum absolute atomic E-state index is 0.00459. The summed E-state index contributed by atoms with van der Waals surface area (Å²) in [5.74, 6) is 1.46. The van der Waals surface area contributed by atoms with Gasteiger partial charge in [0.2, 0.25) is 11.8 Å². The third-order valence-corrected chi connectivity index (χ3v) is 10.4. The maximum atomic E-state index is 14.1. The molecule has 45 heavy (non-hydrogen) atoms. The Morgan fingerprint density at radius 2 is 1.78 bits per heavy atom. The Kier molecular flexibility index (Phi) is 11.2. The van der Waals surface area contributed by atoms with Gasteiger partial charge in [0.15, 0.2) is 0 Å². The van der Waals surface area contributed by atoms with E-state index < -0.39 is 6.04 Å². The molecule has 1 aliphatic carbocycles. The van der Waals surface area contributed by atoms with Crippen LogP contribution in [0.3, 0.4) is 0 Å². The molecule has 0 spiro atoms. The number of hydrogen-bond donors (Lipinski definition) is 2. The summed E-state index contributed by atoms with van der Waals surface area (Å²) in [5, 5.41) is 7.32. The van der Waals surface area contributed by atoms with Crippen LogP contribution in [0.15, 0.2) is 73.3 Å². The Labute approximate surface area is 275 Å². The number of rotatable bonds is 11. The summed E-state index contributed by atoms with van der Waals surface area (Å²) in [6.07, 6.45) is 11.8. The fourth-order valence-corrected chi connectivity index (χ4v) is 8.31. The van der Waals surface area contributed by atoms with E-state index in [4.69, 9.17) is 11.6 Å². The van der Waals surface area contributed by atoms with Crippen molar-refractivity contribution in [2.45, 2.75) is 76.9 Å². The molecule has 1 saturated heterocycles. The first kappa shape index (κ1) is 33.4. The van der Waals surface area contributed by atoms with Crippen LogP contribution in [0.5, 0.6) is 0 Å². The van der Waals surface area contributed by atoms with Crippen LogP contribution >= 0.6 is 11.6 Å². The number of hydrogen-bond acceptors (Lipinski definition) is 4. The van der Waals surface area contributed by atoms with E-state index in [9.17, 15) is 9.59 Å². The lowest BCUT2D eigenvalue weighted by Crippen LogP contribution is -2.60. The van der Waals surface area contributed by atoms with Gasteiger partial charge in [-0.3, -0.25) is 14.5 Å². The standard InChI is InChI=1S/C38H51ClN4O2/c1-5-9-31-26-38(24-27(3)4,25-29(31)6-2)43-20-18-42(19-21-43)37(45)35(22-28-12-14-32(39)15-13-28)41-36(44)23-34-33-11-8-7-10-30(33)16-17-40-34/h5-15,27,29,31,34-35,40H,2,16-26H2,1,3-4H3,(H,41,44)/b9-5-. The number of carbonyl (C=O) groups is 2. The number of halogens is 1. The molecule has 2 aromatic carbocycles. The predicted molar refractivity (Wildman–Crippen MR) is 184 cm³/mol. The van der Waals surface area contributed by atoms with Crippen LogP contribution in [0.1, 0.15) is 69.2 Å². The summed E-state index contributed by atoms with van der Waals surface area (Å²) in [6, 6.07) is 15.2. The molecule has 2 amide bonds. The molecule has 2 fully saturated rings.